The van der Waals surface area contributed by atoms with Gasteiger partial charge in [0.05, 0.1) is 5.88 Å². The third-order valence-corrected chi connectivity index (χ3v) is 2.15. The summed E-state index contributed by atoms with van der Waals surface area (Å²) < 4.78 is 1.33. The van der Waals surface area contributed by atoms with Crippen LogP contribution in [0, 0.1) is 17.0 Å². The van der Waals surface area contributed by atoms with Gasteiger partial charge in [-0.2, -0.15) is 0 Å². The van der Waals surface area contributed by atoms with E-state index in [0.29, 0.717) is 5.82 Å². The third-order valence-electron chi connectivity index (χ3n) is 1.79. The smallest absolute Gasteiger partial charge is 1.00 e. The molecule has 1 atom stereocenters. The second kappa shape index (κ2) is 8.88. The number of nitrogens with zero attached hydrogens (tertiary/aromatic N) is 3. The average Bonchev–Trinajstić information content (AvgIpc) is 2.48. The van der Waals surface area contributed by atoms with E-state index in [9.17, 15) is 15.2 Å². The molecule has 1 heterocycles. The van der Waals surface area contributed by atoms with Crippen LogP contribution >= 0.6 is 11.6 Å². The van der Waals surface area contributed by atoms with E-state index in [1.165, 1.54) is 4.57 Å². The molecule has 0 fully saturated rings. The Morgan fingerprint density at radius 1 is 1.75 bits per heavy atom. The molecule has 0 saturated heterocycles. The zero-order valence-corrected chi connectivity index (χ0v) is 14.3. The molecule has 6 nitrogen and oxygen atoms in total. The fraction of sp³-hybridized carbons (Fsp3) is 0.571. The first kappa shape index (κ1) is 19.2. The Morgan fingerprint density at radius 2 is 2.31 bits per heavy atom. The second-order valence-electron chi connectivity index (χ2n) is 2.84. The van der Waals surface area contributed by atoms with Crippen LogP contribution in [0.2, 0.25) is 0 Å². The molecule has 1 unspecified atom stereocenters. The molecule has 0 bridgehead atoms. The molecule has 0 amide bonds. The molecule has 82 valence electrons. The molecule has 0 radical (unpaired) electrons. The monoisotopic (exact) mass is 267 g/mol. The Morgan fingerprint density at radius 3 is 2.75 bits per heavy atom. The van der Waals surface area contributed by atoms with Gasteiger partial charge in [-0.1, -0.05) is 0 Å². The van der Waals surface area contributed by atoms with Crippen molar-refractivity contribution in [2.45, 2.75) is 19.6 Å². The van der Waals surface area contributed by atoms with E-state index in [2.05, 4.69) is 4.98 Å². The Labute approximate surface area is 145 Å². The van der Waals surface area contributed by atoms with Crippen molar-refractivity contribution in [3.63, 3.8) is 0 Å². The number of nitro groups is 1. The molecule has 0 aliphatic rings. The number of hydrogen-bond acceptors (Lipinski definition) is 4. The van der Waals surface area contributed by atoms with Crippen LogP contribution in [-0.4, -0.2) is 31.6 Å². The minimum absolute atomic E-state index is 0. The van der Waals surface area contributed by atoms with E-state index in [1.54, 1.807) is 6.92 Å². The summed E-state index contributed by atoms with van der Waals surface area (Å²) in [4.78, 5) is 13.8. The molecule has 1 aromatic rings. The van der Waals surface area contributed by atoms with Crippen molar-refractivity contribution < 1.29 is 72.0 Å². The molecule has 0 aromatic carbocycles. The molecule has 1 rings (SSSR count). The Kier molecular flexibility index (Phi) is 10.7. The first-order valence-corrected chi connectivity index (χ1v) is 4.50. The summed E-state index contributed by atoms with van der Waals surface area (Å²) in [6.07, 6.45) is 0.360. The summed E-state index contributed by atoms with van der Waals surface area (Å²) in [6.45, 7) is 1.72. The van der Waals surface area contributed by atoms with Crippen molar-refractivity contribution in [2.75, 3.05) is 5.88 Å². The average molecular weight is 268 g/mol. The summed E-state index contributed by atoms with van der Waals surface area (Å²) >= 11 is 5.40. The molecular weight excluding hydrogens is 256 g/mol. The summed E-state index contributed by atoms with van der Waals surface area (Å²) in [7, 11) is 0. The predicted octanol–water partition coefficient (Wildman–Crippen LogP) is -5.07. The van der Waals surface area contributed by atoms with Crippen LogP contribution < -0.4 is 59.1 Å². The maximum Gasteiger partial charge on any atom is 1.00 e. The normalized spacial score (nSPS) is 11.2. The molecule has 1 aromatic heterocycles. The van der Waals surface area contributed by atoms with Crippen LogP contribution in [0.25, 0.3) is 0 Å². The van der Waals surface area contributed by atoms with Gasteiger partial charge in [0.1, 0.15) is 18.8 Å². The Bertz CT molecular complexity index is 357. The standard InChI is InChI=1S/C7H10ClN3O3.2Na.2H/c1-5-9-3-7(11(13)14)10(5)4-6(12)2-8;;;;/h3,6,12H,2,4H2,1H3;;;;/q;2*+1;2*-1. The maximum atomic E-state index is 10.5. The van der Waals surface area contributed by atoms with Crippen molar-refractivity contribution in [2.24, 2.45) is 0 Å². The van der Waals surface area contributed by atoms with Gasteiger partial charge in [0.25, 0.3) is 0 Å². The summed E-state index contributed by atoms with van der Waals surface area (Å²) in [5.41, 5.74) is 0. The van der Waals surface area contributed by atoms with Gasteiger partial charge in [0.15, 0.2) is 5.82 Å². The number of imidazole rings is 1. The van der Waals surface area contributed by atoms with Gasteiger partial charge in [0, 0.05) is 6.92 Å². The molecule has 16 heavy (non-hydrogen) atoms. The van der Waals surface area contributed by atoms with Gasteiger partial charge >= 0.3 is 64.9 Å². The van der Waals surface area contributed by atoms with E-state index >= 15 is 0 Å². The number of aryl methyl sites for hydroxylation is 1. The Hall–Kier alpha value is 0.860. The van der Waals surface area contributed by atoms with Gasteiger partial charge in [-0.3, -0.25) is 0 Å². The number of alkyl halides is 1. The fourth-order valence-electron chi connectivity index (χ4n) is 1.09. The predicted molar refractivity (Wildman–Crippen MR) is 52.6 cm³/mol. The van der Waals surface area contributed by atoms with Crippen LogP contribution in [0.15, 0.2) is 6.20 Å². The quantitative estimate of drug-likeness (QED) is 0.256. The molecule has 0 aliphatic carbocycles. The molecule has 0 saturated carbocycles. The zero-order chi connectivity index (χ0) is 10.7. The number of aromatic nitrogens is 2. The van der Waals surface area contributed by atoms with Gasteiger partial charge in [-0.05, 0) is 4.92 Å². The van der Waals surface area contributed by atoms with Crippen molar-refractivity contribution in [3.8, 4) is 0 Å². The van der Waals surface area contributed by atoms with Gasteiger partial charge < -0.3 is 18.1 Å². The van der Waals surface area contributed by atoms with Crippen LogP contribution in [0.4, 0.5) is 5.82 Å². The number of aliphatic hydroxyl groups excluding tert-OH is 1. The molecule has 0 aliphatic heterocycles. The molecular formula is C7H12ClN3Na2O3. The SMILES string of the molecule is Cc1ncc([N+](=O)[O-])n1CC(O)CCl.[H-].[H-].[Na+].[Na+]. The van der Waals surface area contributed by atoms with Crippen LogP contribution in [-0.2, 0) is 6.54 Å². The van der Waals surface area contributed by atoms with Crippen LogP contribution in [0.1, 0.15) is 8.68 Å². The van der Waals surface area contributed by atoms with E-state index in [0.717, 1.165) is 6.20 Å². The minimum Gasteiger partial charge on any atom is -1.00 e. The number of hydrogen-bond donors (Lipinski definition) is 1. The van der Waals surface area contributed by atoms with Crippen LogP contribution in [0.5, 0.6) is 0 Å². The van der Waals surface area contributed by atoms with E-state index in [1.807, 2.05) is 0 Å². The Balaban J connectivity index is -0.000000245. The van der Waals surface area contributed by atoms with E-state index in [-0.39, 0.29) is 80.2 Å². The maximum absolute atomic E-state index is 10.5. The first-order chi connectivity index (χ1) is 6.56. The summed E-state index contributed by atoms with van der Waals surface area (Å²) in [5, 5.41) is 19.8. The zero-order valence-electron chi connectivity index (χ0n) is 11.6. The molecule has 0 spiro atoms. The summed E-state index contributed by atoms with van der Waals surface area (Å²) in [6, 6.07) is 0. The largest absolute Gasteiger partial charge is 1.00 e. The summed E-state index contributed by atoms with van der Waals surface area (Å²) in [5.74, 6) is 0.391. The van der Waals surface area contributed by atoms with Gasteiger partial charge in [-0.15, -0.1) is 11.6 Å². The number of rotatable bonds is 4. The van der Waals surface area contributed by atoms with Crippen molar-refractivity contribution in [1.29, 1.82) is 0 Å². The van der Waals surface area contributed by atoms with E-state index in [4.69, 9.17) is 11.6 Å². The molecule has 1 N–H and O–H groups in total. The van der Waals surface area contributed by atoms with Gasteiger partial charge in [0.2, 0.25) is 0 Å². The van der Waals surface area contributed by atoms with Crippen molar-refractivity contribution in [1.82, 2.24) is 9.55 Å². The minimum atomic E-state index is -0.803. The second-order valence-corrected chi connectivity index (χ2v) is 3.15. The van der Waals surface area contributed by atoms with Crippen molar-refractivity contribution >= 4 is 17.4 Å². The molecule has 9 heteroatoms. The fourth-order valence-corrected chi connectivity index (χ4v) is 1.18. The van der Waals surface area contributed by atoms with Crippen LogP contribution in [0.3, 0.4) is 0 Å². The van der Waals surface area contributed by atoms with Gasteiger partial charge in [-0.25, -0.2) is 9.55 Å². The third kappa shape index (κ3) is 5.01. The van der Waals surface area contributed by atoms with E-state index < -0.39 is 11.0 Å². The topological polar surface area (TPSA) is 81.2 Å². The first-order valence-electron chi connectivity index (χ1n) is 3.96. The number of aliphatic hydroxyl groups is 1. The number of halogens is 1. The van der Waals surface area contributed by atoms with Crippen molar-refractivity contribution in [3.05, 3.63) is 22.1 Å².